The quantitative estimate of drug-likeness (QED) is 0.852. The van der Waals surface area contributed by atoms with Gasteiger partial charge in [-0.25, -0.2) is 0 Å². The van der Waals surface area contributed by atoms with Crippen LogP contribution in [0.2, 0.25) is 0 Å². The molecule has 0 saturated heterocycles. The first kappa shape index (κ1) is 12.9. The van der Waals surface area contributed by atoms with Crippen LogP contribution in [-0.2, 0) is 0 Å². The Balaban J connectivity index is 0.00000128. The van der Waals surface area contributed by atoms with Crippen molar-refractivity contribution in [1.82, 2.24) is 10.2 Å². The highest BCUT2D eigenvalue weighted by atomic mass is 35.5. The molecule has 0 spiro atoms. The molecule has 0 saturated carbocycles. The molecule has 0 amide bonds. The molecule has 2 rings (SSSR count). The van der Waals surface area contributed by atoms with E-state index in [4.69, 9.17) is 5.73 Å². The van der Waals surface area contributed by atoms with Crippen molar-refractivity contribution < 1.29 is 0 Å². The molecule has 2 aromatic rings. The van der Waals surface area contributed by atoms with Crippen molar-refractivity contribution in [1.29, 1.82) is 0 Å². The van der Waals surface area contributed by atoms with E-state index in [0.29, 0.717) is 5.13 Å². The maximum atomic E-state index is 5.59. The van der Waals surface area contributed by atoms with E-state index >= 15 is 0 Å². The number of anilines is 1. The molecule has 0 atom stereocenters. The fourth-order valence-corrected chi connectivity index (χ4v) is 2.64. The standard InChI is InChI=1S/C11H13N3S.ClH/c1-6-4-7(2)9(8(3)5-6)10-13-14-11(12)15-10;/h4-5H,1-3H3,(H2,12,14);1H. The zero-order chi connectivity index (χ0) is 11.0. The van der Waals surface area contributed by atoms with Crippen LogP contribution < -0.4 is 5.73 Å². The second-order valence-corrected chi connectivity index (χ2v) is 4.73. The Bertz CT molecular complexity index is 485. The highest BCUT2D eigenvalue weighted by Gasteiger charge is 2.10. The first-order chi connectivity index (χ1) is 7.08. The summed E-state index contributed by atoms with van der Waals surface area (Å²) in [6, 6.07) is 4.31. The summed E-state index contributed by atoms with van der Waals surface area (Å²) in [4.78, 5) is 0. The maximum Gasteiger partial charge on any atom is 0.203 e. The molecule has 2 N–H and O–H groups in total. The Hall–Kier alpha value is -1.13. The Morgan fingerprint density at radius 3 is 2.06 bits per heavy atom. The van der Waals surface area contributed by atoms with Gasteiger partial charge in [-0.15, -0.1) is 22.6 Å². The fourth-order valence-electron chi connectivity index (χ4n) is 1.85. The molecule has 5 heteroatoms. The number of hydrogen-bond donors (Lipinski definition) is 1. The number of nitrogens with two attached hydrogens (primary N) is 1. The maximum absolute atomic E-state index is 5.59. The molecule has 0 aliphatic rings. The van der Waals surface area contributed by atoms with Gasteiger partial charge in [-0.2, -0.15) is 0 Å². The lowest BCUT2D eigenvalue weighted by Crippen LogP contribution is -1.89. The summed E-state index contributed by atoms with van der Waals surface area (Å²) in [5.41, 5.74) is 10.5. The SMILES string of the molecule is Cc1cc(C)c(-c2nnc(N)s2)c(C)c1.Cl. The minimum absolute atomic E-state index is 0. The predicted octanol–water partition coefficient (Wildman–Crippen LogP) is 3.13. The van der Waals surface area contributed by atoms with Gasteiger partial charge in [0.2, 0.25) is 5.13 Å². The molecule has 1 aromatic carbocycles. The Kier molecular flexibility index (Phi) is 3.88. The Morgan fingerprint density at radius 2 is 1.62 bits per heavy atom. The minimum Gasteiger partial charge on any atom is -0.374 e. The van der Waals surface area contributed by atoms with Crippen LogP contribution in [0.25, 0.3) is 10.6 Å². The zero-order valence-electron chi connectivity index (χ0n) is 9.44. The molecular formula is C11H14ClN3S. The second kappa shape index (κ2) is 4.80. The molecular weight excluding hydrogens is 242 g/mol. The van der Waals surface area contributed by atoms with Crippen LogP contribution in [0.3, 0.4) is 0 Å². The van der Waals surface area contributed by atoms with Crippen LogP contribution in [0.4, 0.5) is 5.13 Å². The summed E-state index contributed by atoms with van der Waals surface area (Å²) in [6.45, 7) is 6.28. The first-order valence-electron chi connectivity index (χ1n) is 4.75. The van der Waals surface area contributed by atoms with Gasteiger partial charge in [0.15, 0.2) is 0 Å². The lowest BCUT2D eigenvalue weighted by atomic mass is 10.0. The summed E-state index contributed by atoms with van der Waals surface area (Å²) in [6.07, 6.45) is 0. The molecule has 0 fully saturated rings. The number of hydrogen-bond acceptors (Lipinski definition) is 4. The van der Waals surface area contributed by atoms with E-state index in [2.05, 4.69) is 43.1 Å². The Morgan fingerprint density at radius 1 is 1.06 bits per heavy atom. The molecule has 0 radical (unpaired) electrons. The summed E-state index contributed by atoms with van der Waals surface area (Å²) in [5, 5.41) is 9.35. The molecule has 0 bridgehead atoms. The third-order valence-corrected chi connectivity index (χ3v) is 3.10. The largest absolute Gasteiger partial charge is 0.374 e. The monoisotopic (exact) mass is 255 g/mol. The number of nitrogen functional groups attached to an aromatic ring is 1. The van der Waals surface area contributed by atoms with E-state index in [1.54, 1.807) is 0 Å². The highest BCUT2D eigenvalue weighted by molar-refractivity contribution is 7.18. The van der Waals surface area contributed by atoms with E-state index in [1.807, 2.05) is 0 Å². The van der Waals surface area contributed by atoms with Gasteiger partial charge in [0, 0.05) is 5.56 Å². The van der Waals surface area contributed by atoms with E-state index in [9.17, 15) is 0 Å². The van der Waals surface area contributed by atoms with Crippen molar-refractivity contribution in [3.8, 4) is 10.6 Å². The fraction of sp³-hybridized carbons (Fsp3) is 0.273. The van der Waals surface area contributed by atoms with Crippen LogP contribution in [0.1, 0.15) is 16.7 Å². The Labute approximate surface area is 105 Å². The van der Waals surface area contributed by atoms with Gasteiger partial charge >= 0.3 is 0 Å². The third-order valence-electron chi connectivity index (χ3n) is 2.33. The van der Waals surface area contributed by atoms with Gasteiger partial charge in [-0.1, -0.05) is 29.0 Å². The lowest BCUT2D eigenvalue weighted by Gasteiger charge is -2.07. The summed E-state index contributed by atoms with van der Waals surface area (Å²) < 4.78 is 0. The van der Waals surface area contributed by atoms with Crippen LogP contribution >= 0.6 is 23.7 Å². The lowest BCUT2D eigenvalue weighted by molar-refractivity contribution is 1.10. The first-order valence-corrected chi connectivity index (χ1v) is 5.57. The van der Waals surface area contributed by atoms with Gasteiger partial charge in [0.25, 0.3) is 0 Å². The highest BCUT2D eigenvalue weighted by Crippen LogP contribution is 2.31. The third kappa shape index (κ3) is 2.33. The molecule has 1 aromatic heterocycles. The van der Waals surface area contributed by atoms with Crippen molar-refractivity contribution in [2.24, 2.45) is 0 Å². The minimum atomic E-state index is 0. The number of rotatable bonds is 1. The van der Waals surface area contributed by atoms with Gasteiger partial charge in [0.05, 0.1) is 0 Å². The number of aromatic nitrogens is 2. The molecule has 0 aliphatic carbocycles. The van der Waals surface area contributed by atoms with Crippen molar-refractivity contribution in [2.75, 3.05) is 5.73 Å². The van der Waals surface area contributed by atoms with Crippen molar-refractivity contribution in [3.63, 3.8) is 0 Å². The van der Waals surface area contributed by atoms with Crippen LogP contribution in [0.5, 0.6) is 0 Å². The van der Waals surface area contributed by atoms with E-state index < -0.39 is 0 Å². The van der Waals surface area contributed by atoms with Crippen molar-refractivity contribution >= 4 is 28.9 Å². The number of halogens is 1. The van der Waals surface area contributed by atoms with Crippen molar-refractivity contribution in [3.05, 3.63) is 28.8 Å². The number of benzene rings is 1. The smallest absolute Gasteiger partial charge is 0.203 e. The predicted molar refractivity (Wildman–Crippen MR) is 71.2 cm³/mol. The summed E-state index contributed by atoms with van der Waals surface area (Å²) >= 11 is 1.43. The van der Waals surface area contributed by atoms with Gasteiger partial charge in [0.1, 0.15) is 5.01 Å². The average Bonchev–Trinajstić information content (AvgIpc) is 2.49. The molecule has 16 heavy (non-hydrogen) atoms. The van der Waals surface area contributed by atoms with Gasteiger partial charge < -0.3 is 5.73 Å². The normalized spacial score (nSPS) is 9.94. The molecule has 1 heterocycles. The average molecular weight is 256 g/mol. The molecule has 0 aliphatic heterocycles. The van der Waals surface area contributed by atoms with Crippen LogP contribution in [0, 0.1) is 20.8 Å². The molecule has 0 unspecified atom stereocenters. The summed E-state index contributed by atoms with van der Waals surface area (Å²) in [5.74, 6) is 0. The summed E-state index contributed by atoms with van der Waals surface area (Å²) in [7, 11) is 0. The topological polar surface area (TPSA) is 51.8 Å². The number of nitrogens with zero attached hydrogens (tertiary/aromatic N) is 2. The van der Waals surface area contributed by atoms with E-state index in [-0.39, 0.29) is 12.4 Å². The van der Waals surface area contributed by atoms with Gasteiger partial charge in [-0.05, 0) is 31.9 Å². The van der Waals surface area contributed by atoms with E-state index in [0.717, 1.165) is 10.6 Å². The number of aryl methyl sites for hydroxylation is 3. The van der Waals surface area contributed by atoms with Gasteiger partial charge in [-0.3, -0.25) is 0 Å². The van der Waals surface area contributed by atoms with Crippen LogP contribution in [-0.4, -0.2) is 10.2 Å². The molecule has 86 valence electrons. The van der Waals surface area contributed by atoms with E-state index in [1.165, 1.54) is 28.0 Å². The van der Waals surface area contributed by atoms with Crippen molar-refractivity contribution in [2.45, 2.75) is 20.8 Å². The second-order valence-electron chi connectivity index (χ2n) is 3.72. The van der Waals surface area contributed by atoms with Crippen LogP contribution in [0.15, 0.2) is 12.1 Å². The molecule has 3 nitrogen and oxygen atoms in total. The zero-order valence-corrected chi connectivity index (χ0v) is 11.1.